The molecule has 0 spiro atoms. The lowest BCUT2D eigenvalue weighted by atomic mass is 10.1. The summed E-state index contributed by atoms with van der Waals surface area (Å²) in [7, 11) is 0. The molecule has 6 nitrogen and oxygen atoms in total. The zero-order valence-corrected chi connectivity index (χ0v) is 15.2. The lowest BCUT2D eigenvalue weighted by molar-refractivity contribution is -0.150. The molecule has 2 N–H and O–H groups in total. The first kappa shape index (κ1) is 22.9. The SMILES string of the molecule is CCC(O)CCCCOC(=O)CCC(=O)OCCCCC(O)CC. The van der Waals surface area contributed by atoms with Crippen LogP contribution < -0.4 is 0 Å². The first-order valence-corrected chi connectivity index (χ1v) is 9.16. The number of unbranched alkanes of at least 4 members (excludes halogenated alkanes) is 2. The zero-order chi connectivity index (χ0) is 18.2. The van der Waals surface area contributed by atoms with Crippen molar-refractivity contribution in [3.05, 3.63) is 0 Å². The van der Waals surface area contributed by atoms with Gasteiger partial charge in [0.15, 0.2) is 0 Å². The van der Waals surface area contributed by atoms with Crippen LogP contribution in [-0.2, 0) is 19.1 Å². The Morgan fingerprint density at radius 2 is 1.12 bits per heavy atom. The third-order valence-corrected chi connectivity index (χ3v) is 3.87. The van der Waals surface area contributed by atoms with Crippen molar-refractivity contribution in [1.29, 1.82) is 0 Å². The van der Waals surface area contributed by atoms with Crippen LogP contribution in [0.4, 0.5) is 0 Å². The van der Waals surface area contributed by atoms with Crippen LogP contribution in [0.3, 0.4) is 0 Å². The van der Waals surface area contributed by atoms with E-state index in [-0.39, 0.29) is 25.0 Å². The van der Waals surface area contributed by atoms with Crippen molar-refractivity contribution < 1.29 is 29.3 Å². The van der Waals surface area contributed by atoms with Gasteiger partial charge >= 0.3 is 11.9 Å². The molecule has 2 atom stereocenters. The van der Waals surface area contributed by atoms with Crippen molar-refractivity contribution in [2.45, 2.75) is 90.3 Å². The van der Waals surface area contributed by atoms with E-state index in [1.165, 1.54) is 0 Å². The van der Waals surface area contributed by atoms with E-state index < -0.39 is 11.9 Å². The summed E-state index contributed by atoms with van der Waals surface area (Å²) in [5.74, 6) is -0.789. The van der Waals surface area contributed by atoms with E-state index in [4.69, 9.17) is 9.47 Å². The molecule has 2 unspecified atom stereocenters. The standard InChI is InChI=1S/C18H34O6/c1-3-15(19)9-5-7-13-23-17(21)11-12-18(22)24-14-8-6-10-16(20)4-2/h15-16,19-20H,3-14H2,1-2H3. The number of aliphatic hydroxyl groups is 2. The highest BCUT2D eigenvalue weighted by molar-refractivity contribution is 5.77. The second kappa shape index (κ2) is 15.4. The Balaban J connectivity index is 3.46. The van der Waals surface area contributed by atoms with Gasteiger partial charge in [-0.15, -0.1) is 0 Å². The molecule has 0 saturated carbocycles. The normalized spacial score (nSPS) is 13.3. The van der Waals surface area contributed by atoms with E-state index in [9.17, 15) is 19.8 Å². The van der Waals surface area contributed by atoms with Crippen LogP contribution in [0.5, 0.6) is 0 Å². The number of ether oxygens (including phenoxy) is 2. The average molecular weight is 346 g/mol. The molecule has 0 rings (SSSR count). The van der Waals surface area contributed by atoms with E-state index in [1.807, 2.05) is 13.8 Å². The van der Waals surface area contributed by atoms with Gasteiger partial charge < -0.3 is 19.7 Å². The minimum atomic E-state index is -0.394. The van der Waals surface area contributed by atoms with E-state index in [0.29, 0.717) is 13.2 Å². The van der Waals surface area contributed by atoms with Crippen LogP contribution in [0.1, 0.15) is 78.1 Å². The smallest absolute Gasteiger partial charge is 0.306 e. The largest absolute Gasteiger partial charge is 0.466 e. The van der Waals surface area contributed by atoms with E-state index in [2.05, 4.69) is 0 Å². The maximum atomic E-state index is 11.5. The molecule has 0 bridgehead atoms. The summed E-state index contributed by atoms with van der Waals surface area (Å²) in [6.45, 7) is 4.50. The lowest BCUT2D eigenvalue weighted by Crippen LogP contribution is -2.12. The second-order valence-corrected chi connectivity index (χ2v) is 6.06. The summed E-state index contributed by atoms with van der Waals surface area (Å²) >= 11 is 0. The zero-order valence-electron chi connectivity index (χ0n) is 15.2. The minimum Gasteiger partial charge on any atom is -0.466 e. The molecule has 0 aromatic heterocycles. The number of aliphatic hydroxyl groups excluding tert-OH is 2. The summed E-state index contributed by atoms with van der Waals surface area (Å²) in [6.07, 6.45) is 5.49. The predicted molar refractivity (Wildman–Crippen MR) is 91.4 cm³/mol. The van der Waals surface area contributed by atoms with Crippen molar-refractivity contribution in [1.82, 2.24) is 0 Å². The molecule has 0 heterocycles. The van der Waals surface area contributed by atoms with Crippen LogP contribution in [0.25, 0.3) is 0 Å². The van der Waals surface area contributed by atoms with Crippen LogP contribution in [-0.4, -0.2) is 47.6 Å². The highest BCUT2D eigenvalue weighted by Gasteiger charge is 2.09. The van der Waals surface area contributed by atoms with Crippen LogP contribution in [0.15, 0.2) is 0 Å². The summed E-state index contributed by atoms with van der Waals surface area (Å²) in [5, 5.41) is 18.8. The number of hydrogen-bond acceptors (Lipinski definition) is 6. The fraction of sp³-hybridized carbons (Fsp3) is 0.889. The third-order valence-electron chi connectivity index (χ3n) is 3.87. The number of hydrogen-bond donors (Lipinski definition) is 2. The molecule has 0 amide bonds. The molecule has 24 heavy (non-hydrogen) atoms. The molecule has 0 saturated heterocycles. The molecule has 0 aliphatic carbocycles. The molecule has 142 valence electrons. The van der Waals surface area contributed by atoms with Crippen molar-refractivity contribution in [3.8, 4) is 0 Å². The van der Waals surface area contributed by atoms with Gasteiger partial charge in [0.05, 0.1) is 38.3 Å². The van der Waals surface area contributed by atoms with Gasteiger partial charge in [0.2, 0.25) is 0 Å². The van der Waals surface area contributed by atoms with Crippen molar-refractivity contribution in [3.63, 3.8) is 0 Å². The van der Waals surface area contributed by atoms with Gasteiger partial charge in [-0.1, -0.05) is 13.8 Å². The second-order valence-electron chi connectivity index (χ2n) is 6.06. The fourth-order valence-corrected chi connectivity index (χ4v) is 2.09. The monoisotopic (exact) mass is 346 g/mol. The first-order valence-electron chi connectivity index (χ1n) is 9.16. The van der Waals surface area contributed by atoms with Gasteiger partial charge in [-0.2, -0.15) is 0 Å². The van der Waals surface area contributed by atoms with Gasteiger partial charge in [0.25, 0.3) is 0 Å². The highest BCUT2D eigenvalue weighted by Crippen LogP contribution is 2.06. The van der Waals surface area contributed by atoms with Crippen molar-refractivity contribution in [2.75, 3.05) is 13.2 Å². The highest BCUT2D eigenvalue weighted by atomic mass is 16.5. The summed E-state index contributed by atoms with van der Waals surface area (Å²) < 4.78 is 10.1. The maximum absolute atomic E-state index is 11.5. The van der Waals surface area contributed by atoms with Gasteiger partial charge in [0.1, 0.15) is 0 Å². The number of esters is 2. The molecule has 6 heteroatoms. The lowest BCUT2D eigenvalue weighted by Gasteiger charge is -2.08. The van der Waals surface area contributed by atoms with Crippen LogP contribution >= 0.6 is 0 Å². The number of carbonyl (C=O) groups is 2. The number of carbonyl (C=O) groups excluding carboxylic acids is 2. The Bertz CT molecular complexity index is 299. The van der Waals surface area contributed by atoms with Crippen molar-refractivity contribution >= 4 is 11.9 Å². The first-order chi connectivity index (χ1) is 11.5. The van der Waals surface area contributed by atoms with Gasteiger partial charge in [-0.05, 0) is 51.4 Å². The third kappa shape index (κ3) is 14.5. The Hall–Kier alpha value is -1.14. The molecule has 0 fully saturated rings. The van der Waals surface area contributed by atoms with Crippen LogP contribution in [0, 0.1) is 0 Å². The van der Waals surface area contributed by atoms with E-state index in [1.54, 1.807) is 0 Å². The van der Waals surface area contributed by atoms with E-state index in [0.717, 1.165) is 51.4 Å². The molecule has 0 aliphatic heterocycles. The quantitative estimate of drug-likeness (QED) is 0.350. The Morgan fingerprint density at radius 3 is 1.46 bits per heavy atom. The van der Waals surface area contributed by atoms with E-state index >= 15 is 0 Å². The molecule has 0 radical (unpaired) electrons. The van der Waals surface area contributed by atoms with Gasteiger partial charge in [-0.25, -0.2) is 0 Å². The fourth-order valence-electron chi connectivity index (χ4n) is 2.09. The Labute approximate surface area is 145 Å². The minimum absolute atomic E-state index is 0.0327. The summed E-state index contributed by atoms with van der Waals surface area (Å²) in [6, 6.07) is 0. The van der Waals surface area contributed by atoms with Gasteiger partial charge in [-0.3, -0.25) is 9.59 Å². The topological polar surface area (TPSA) is 93.1 Å². The van der Waals surface area contributed by atoms with Crippen molar-refractivity contribution in [2.24, 2.45) is 0 Å². The van der Waals surface area contributed by atoms with Gasteiger partial charge in [0, 0.05) is 0 Å². The Morgan fingerprint density at radius 1 is 0.750 bits per heavy atom. The molecular weight excluding hydrogens is 312 g/mol. The average Bonchev–Trinajstić information content (AvgIpc) is 2.58. The maximum Gasteiger partial charge on any atom is 0.306 e. The molecule has 0 aliphatic rings. The molecule has 0 aromatic carbocycles. The van der Waals surface area contributed by atoms with Crippen LogP contribution in [0.2, 0.25) is 0 Å². The number of rotatable bonds is 15. The summed E-state index contributed by atoms with van der Waals surface area (Å²) in [4.78, 5) is 23.0. The predicted octanol–water partition coefficient (Wildman–Crippen LogP) is 2.74. The Kier molecular flexibility index (Phi) is 14.7. The summed E-state index contributed by atoms with van der Waals surface area (Å²) in [5.41, 5.74) is 0. The molecular formula is C18H34O6. The molecule has 0 aromatic rings.